The molecule has 0 radical (unpaired) electrons. The minimum absolute atomic E-state index is 0.0132. The molecular weight excluding hydrogens is 375 g/mol. The maximum Gasteiger partial charge on any atom is 0.245 e. The van der Waals surface area contributed by atoms with Crippen LogP contribution < -0.4 is 26.8 Å². The van der Waals surface area contributed by atoms with Crippen LogP contribution in [0.15, 0.2) is 30.1 Å². The van der Waals surface area contributed by atoms with Crippen molar-refractivity contribution in [2.75, 3.05) is 50.6 Å². The third kappa shape index (κ3) is 6.64. The summed E-state index contributed by atoms with van der Waals surface area (Å²) < 4.78 is 18.6. The number of aliphatic hydroxyl groups is 1. The highest BCUT2D eigenvalue weighted by Crippen LogP contribution is 2.26. The largest absolute Gasteiger partial charge is 0.399 e. The Balaban J connectivity index is 0.00000114. The van der Waals surface area contributed by atoms with Crippen LogP contribution >= 0.6 is 12.2 Å². The fourth-order valence-corrected chi connectivity index (χ4v) is 2.34. The number of halogens is 1. The number of hydrazine groups is 1. The second-order valence-electron chi connectivity index (χ2n) is 5.57. The van der Waals surface area contributed by atoms with Gasteiger partial charge in [0.05, 0.1) is 36.6 Å². The first-order chi connectivity index (χ1) is 12.9. The third-order valence-electron chi connectivity index (χ3n) is 3.46. The van der Waals surface area contributed by atoms with Crippen molar-refractivity contribution >= 4 is 35.0 Å². The van der Waals surface area contributed by atoms with E-state index in [0.717, 1.165) is 0 Å². The number of carbonyl (C=O) groups excluding carboxylic acids is 1. The number of benzene rings is 1. The molecule has 27 heavy (non-hydrogen) atoms. The van der Waals surface area contributed by atoms with Crippen molar-refractivity contribution < 1.29 is 19.0 Å². The van der Waals surface area contributed by atoms with Crippen LogP contribution in [0.3, 0.4) is 0 Å². The zero-order valence-electron chi connectivity index (χ0n) is 15.3. The van der Waals surface area contributed by atoms with Gasteiger partial charge in [-0.15, -0.1) is 0 Å². The lowest BCUT2D eigenvalue weighted by atomic mass is 10.2. The number of amides is 1. The summed E-state index contributed by atoms with van der Waals surface area (Å²) in [5, 5.41) is 13.0. The molecule has 0 saturated carbocycles. The minimum Gasteiger partial charge on any atom is -0.399 e. The van der Waals surface area contributed by atoms with Gasteiger partial charge in [-0.25, -0.2) is 10.2 Å². The number of thiocarbonyl (C=S) groups is 1. The minimum atomic E-state index is -0.528. The molecule has 0 unspecified atom stereocenters. The fraction of sp³-hybridized carbons (Fsp3) is 0.375. The van der Waals surface area contributed by atoms with Gasteiger partial charge >= 0.3 is 0 Å². The van der Waals surface area contributed by atoms with Crippen molar-refractivity contribution in [1.29, 1.82) is 0 Å². The number of nitrogens with zero attached hydrogens (tertiary/aromatic N) is 3. The SMILES string of the molecule is COC.N/C(=C\N(N)c1ccc(N2CC(=O)N(CO)C2)c(F)c1)CNC=S. The van der Waals surface area contributed by atoms with E-state index in [1.807, 2.05) is 0 Å². The molecule has 0 spiro atoms. The average Bonchev–Trinajstić information content (AvgIpc) is 3.01. The van der Waals surface area contributed by atoms with Crippen LogP contribution in [0.2, 0.25) is 0 Å². The summed E-state index contributed by atoms with van der Waals surface area (Å²) in [6, 6.07) is 4.39. The molecule has 1 amide bonds. The van der Waals surface area contributed by atoms with Crippen LogP contribution in [0.25, 0.3) is 0 Å². The van der Waals surface area contributed by atoms with Crippen LogP contribution in [-0.2, 0) is 9.53 Å². The zero-order valence-corrected chi connectivity index (χ0v) is 16.1. The Kier molecular flexibility index (Phi) is 9.44. The first-order valence-corrected chi connectivity index (χ1v) is 8.35. The summed E-state index contributed by atoms with van der Waals surface area (Å²) in [6.45, 7) is 0.0728. The topological polar surface area (TPSA) is 120 Å². The van der Waals surface area contributed by atoms with E-state index in [1.54, 1.807) is 20.3 Å². The number of hydrogen-bond acceptors (Lipinski definition) is 8. The number of rotatable bonds is 7. The molecule has 6 N–H and O–H groups in total. The zero-order chi connectivity index (χ0) is 20.4. The number of nitrogens with one attached hydrogen (secondary N) is 1. The van der Waals surface area contributed by atoms with Crippen LogP contribution in [0.1, 0.15) is 0 Å². The second kappa shape index (κ2) is 11.3. The van der Waals surface area contributed by atoms with Crippen LogP contribution in [0.4, 0.5) is 15.8 Å². The van der Waals surface area contributed by atoms with Crippen LogP contribution in [-0.4, -0.2) is 62.1 Å². The smallest absolute Gasteiger partial charge is 0.245 e. The lowest BCUT2D eigenvalue weighted by molar-refractivity contribution is -0.129. The first-order valence-electron chi connectivity index (χ1n) is 7.88. The molecule has 11 heteroatoms. The Hall–Kier alpha value is -2.47. The maximum atomic E-state index is 14.4. The molecule has 1 fully saturated rings. The van der Waals surface area contributed by atoms with Crippen molar-refractivity contribution in [2.24, 2.45) is 11.6 Å². The standard InChI is InChI=1S/C14H19FN6O2S.C2H6O/c15-12-3-11(21(17)5-10(16)4-18-7-24)1-2-13(12)19-6-14(23)20(8-19)9-22;1-3-2/h1-3,5,7,22H,4,6,8-9,16-17H2,(H,18,24);1-2H3/b10-5-;. The highest BCUT2D eigenvalue weighted by Gasteiger charge is 2.28. The molecule has 1 aromatic carbocycles. The van der Waals surface area contributed by atoms with Gasteiger partial charge in [-0.05, 0) is 12.1 Å². The molecule has 0 aliphatic carbocycles. The third-order valence-corrected chi connectivity index (χ3v) is 3.62. The summed E-state index contributed by atoms with van der Waals surface area (Å²) in [4.78, 5) is 14.4. The summed E-state index contributed by atoms with van der Waals surface area (Å²) in [6.07, 6.45) is 1.45. The lowest BCUT2D eigenvalue weighted by Crippen LogP contribution is -2.29. The van der Waals surface area contributed by atoms with E-state index in [2.05, 4.69) is 22.3 Å². The molecule has 1 aliphatic rings. The van der Waals surface area contributed by atoms with Crippen molar-refractivity contribution in [3.8, 4) is 0 Å². The molecule has 1 saturated heterocycles. The van der Waals surface area contributed by atoms with Gasteiger partial charge in [0.1, 0.15) is 12.5 Å². The molecule has 2 rings (SSSR count). The van der Waals surface area contributed by atoms with E-state index in [4.69, 9.17) is 16.7 Å². The van der Waals surface area contributed by atoms with Gasteiger partial charge in [-0.2, -0.15) is 0 Å². The Labute approximate surface area is 162 Å². The van der Waals surface area contributed by atoms with Crippen molar-refractivity contribution in [3.05, 3.63) is 35.9 Å². The number of methoxy groups -OCH3 is 1. The Morgan fingerprint density at radius 1 is 1.52 bits per heavy atom. The number of carbonyl (C=O) groups is 1. The van der Waals surface area contributed by atoms with E-state index in [-0.39, 0.29) is 24.8 Å². The fourth-order valence-electron chi connectivity index (χ4n) is 2.25. The number of anilines is 2. The Bertz CT molecular complexity index is 676. The Morgan fingerprint density at radius 3 is 2.70 bits per heavy atom. The highest BCUT2D eigenvalue weighted by atomic mass is 32.1. The molecule has 0 aromatic heterocycles. The lowest BCUT2D eigenvalue weighted by Gasteiger charge is -2.21. The van der Waals surface area contributed by atoms with Gasteiger partial charge in [-0.1, -0.05) is 12.2 Å². The van der Waals surface area contributed by atoms with Crippen molar-refractivity contribution in [2.45, 2.75) is 0 Å². The van der Waals surface area contributed by atoms with E-state index in [0.29, 0.717) is 17.9 Å². The predicted molar refractivity (Wildman–Crippen MR) is 106 cm³/mol. The molecule has 1 heterocycles. The monoisotopic (exact) mass is 400 g/mol. The van der Waals surface area contributed by atoms with Gasteiger partial charge in [0, 0.05) is 32.2 Å². The second-order valence-corrected chi connectivity index (χ2v) is 5.80. The summed E-state index contributed by atoms with van der Waals surface area (Å²) >= 11 is 4.63. The Morgan fingerprint density at radius 2 is 2.19 bits per heavy atom. The number of ether oxygens (including phenoxy) is 1. The summed E-state index contributed by atoms with van der Waals surface area (Å²) in [7, 11) is 3.25. The van der Waals surface area contributed by atoms with Gasteiger partial charge < -0.3 is 30.7 Å². The van der Waals surface area contributed by atoms with E-state index in [9.17, 15) is 9.18 Å². The first kappa shape index (κ1) is 22.6. The van der Waals surface area contributed by atoms with Gasteiger partial charge in [0.25, 0.3) is 0 Å². The normalized spacial score (nSPS) is 14.0. The highest BCUT2D eigenvalue weighted by molar-refractivity contribution is 7.78. The van der Waals surface area contributed by atoms with E-state index in [1.165, 1.54) is 38.6 Å². The van der Waals surface area contributed by atoms with Crippen LogP contribution in [0.5, 0.6) is 0 Å². The molecule has 9 nitrogen and oxygen atoms in total. The van der Waals surface area contributed by atoms with Crippen LogP contribution in [0, 0.1) is 5.82 Å². The van der Waals surface area contributed by atoms with E-state index < -0.39 is 12.5 Å². The summed E-state index contributed by atoms with van der Waals surface area (Å²) in [5.74, 6) is 5.05. The number of hydrogen-bond donors (Lipinski definition) is 4. The molecule has 1 aliphatic heterocycles. The van der Waals surface area contributed by atoms with Gasteiger partial charge in [0.2, 0.25) is 5.91 Å². The molecular formula is C16H25FN6O3S. The van der Waals surface area contributed by atoms with Crippen molar-refractivity contribution in [1.82, 2.24) is 10.2 Å². The average molecular weight is 400 g/mol. The number of nitrogens with two attached hydrogens (primary N) is 2. The molecule has 0 atom stereocenters. The predicted octanol–water partition coefficient (Wildman–Crippen LogP) is -0.329. The molecule has 0 bridgehead atoms. The number of aliphatic hydroxyl groups excluding tert-OH is 1. The maximum absolute atomic E-state index is 14.4. The molecule has 1 aromatic rings. The quantitative estimate of drug-likeness (QED) is 0.277. The molecule has 150 valence electrons. The van der Waals surface area contributed by atoms with Gasteiger partial charge in [0.15, 0.2) is 0 Å². The van der Waals surface area contributed by atoms with Gasteiger partial charge in [-0.3, -0.25) is 9.80 Å². The van der Waals surface area contributed by atoms with Crippen molar-refractivity contribution in [3.63, 3.8) is 0 Å². The van der Waals surface area contributed by atoms with E-state index >= 15 is 0 Å². The summed E-state index contributed by atoms with van der Waals surface area (Å²) in [5.41, 5.74) is 8.17.